The molecule has 0 aliphatic heterocycles. The molecule has 0 saturated heterocycles. The van der Waals surface area contributed by atoms with Crippen molar-refractivity contribution < 1.29 is 5.11 Å². The highest BCUT2D eigenvalue weighted by molar-refractivity contribution is 4.83. The van der Waals surface area contributed by atoms with Gasteiger partial charge in [0.05, 0.1) is 5.60 Å². The predicted octanol–water partition coefficient (Wildman–Crippen LogP) is 0.816. The summed E-state index contributed by atoms with van der Waals surface area (Å²) >= 11 is 0. The lowest BCUT2D eigenvalue weighted by Crippen LogP contribution is -2.42. The van der Waals surface area contributed by atoms with Crippen LogP contribution >= 0.6 is 0 Å². The molecule has 0 heterocycles. The van der Waals surface area contributed by atoms with E-state index in [4.69, 9.17) is 5.73 Å². The highest BCUT2D eigenvalue weighted by Crippen LogP contribution is 2.26. The highest BCUT2D eigenvalue weighted by Gasteiger charge is 2.26. The van der Waals surface area contributed by atoms with E-state index in [0.29, 0.717) is 6.04 Å². The van der Waals surface area contributed by atoms with E-state index in [-0.39, 0.29) is 0 Å². The molecule has 1 rings (SSSR count). The number of nitrogens with two attached hydrogens (primary N) is 1. The Morgan fingerprint density at radius 3 is 2.43 bits per heavy atom. The van der Waals surface area contributed by atoms with E-state index in [2.05, 4.69) is 11.9 Å². The van der Waals surface area contributed by atoms with Gasteiger partial charge in [-0.05, 0) is 46.1 Å². The Morgan fingerprint density at radius 1 is 1.43 bits per heavy atom. The summed E-state index contributed by atoms with van der Waals surface area (Å²) < 4.78 is 0. The molecule has 1 fully saturated rings. The van der Waals surface area contributed by atoms with Gasteiger partial charge in [0.25, 0.3) is 0 Å². The van der Waals surface area contributed by atoms with Gasteiger partial charge in [0.2, 0.25) is 0 Å². The minimum absolute atomic E-state index is 0.447. The van der Waals surface area contributed by atoms with Crippen LogP contribution in [0.5, 0.6) is 0 Å². The first-order chi connectivity index (χ1) is 6.37. The van der Waals surface area contributed by atoms with Crippen molar-refractivity contribution in [3.05, 3.63) is 0 Å². The largest absolute Gasteiger partial charge is 0.390 e. The van der Waals surface area contributed by atoms with Crippen LogP contribution in [0, 0.1) is 5.92 Å². The first kappa shape index (κ1) is 12.0. The van der Waals surface area contributed by atoms with Gasteiger partial charge in [-0.2, -0.15) is 0 Å². The van der Waals surface area contributed by atoms with Gasteiger partial charge in [0, 0.05) is 19.1 Å². The molecule has 3 N–H and O–H groups in total. The molecule has 14 heavy (non-hydrogen) atoms. The maximum absolute atomic E-state index is 9.57. The van der Waals surface area contributed by atoms with Crippen molar-refractivity contribution in [3.8, 4) is 0 Å². The summed E-state index contributed by atoms with van der Waals surface area (Å²) in [6, 6.07) is 0.447. The molecule has 0 atom stereocenters. The molecule has 0 unspecified atom stereocenters. The van der Waals surface area contributed by atoms with Crippen LogP contribution < -0.4 is 5.73 Å². The van der Waals surface area contributed by atoms with Crippen molar-refractivity contribution in [2.45, 2.75) is 44.8 Å². The lowest BCUT2D eigenvalue weighted by Gasteiger charge is -2.35. The van der Waals surface area contributed by atoms with Crippen molar-refractivity contribution in [1.29, 1.82) is 0 Å². The van der Waals surface area contributed by atoms with Gasteiger partial charge < -0.3 is 15.7 Å². The molecule has 3 nitrogen and oxygen atoms in total. The second-order valence-corrected chi connectivity index (χ2v) is 5.42. The van der Waals surface area contributed by atoms with Gasteiger partial charge in [-0.15, -0.1) is 0 Å². The minimum Gasteiger partial charge on any atom is -0.390 e. The standard InChI is InChI=1S/C11H24N2O/c1-11(2,14)4-5-13(3)8-9-6-10(12)7-9/h9-10,14H,4-8,12H2,1-3H3. The summed E-state index contributed by atoms with van der Waals surface area (Å²) in [4.78, 5) is 2.30. The Kier molecular flexibility index (Phi) is 3.93. The number of hydrogen-bond donors (Lipinski definition) is 2. The molecule has 3 heteroatoms. The molecule has 0 aromatic rings. The molecule has 0 aromatic heterocycles. The Morgan fingerprint density at radius 2 is 2.00 bits per heavy atom. The van der Waals surface area contributed by atoms with E-state index >= 15 is 0 Å². The van der Waals surface area contributed by atoms with Crippen molar-refractivity contribution >= 4 is 0 Å². The average molecular weight is 200 g/mol. The summed E-state index contributed by atoms with van der Waals surface area (Å²) in [5.41, 5.74) is 5.19. The SMILES string of the molecule is CN(CCC(C)(C)O)CC1CC(N)C1. The number of rotatable bonds is 5. The molecule has 0 bridgehead atoms. The van der Waals surface area contributed by atoms with Crippen LogP contribution in [0.3, 0.4) is 0 Å². The third-order valence-electron chi connectivity index (χ3n) is 2.95. The molecule has 1 aliphatic carbocycles. The normalized spacial score (nSPS) is 27.9. The molecular weight excluding hydrogens is 176 g/mol. The lowest BCUT2D eigenvalue weighted by molar-refractivity contribution is 0.0562. The fourth-order valence-corrected chi connectivity index (χ4v) is 1.93. The predicted molar refractivity (Wildman–Crippen MR) is 59.1 cm³/mol. The van der Waals surface area contributed by atoms with E-state index in [1.165, 1.54) is 12.8 Å². The Balaban J connectivity index is 2.07. The zero-order valence-corrected chi connectivity index (χ0v) is 9.66. The summed E-state index contributed by atoms with van der Waals surface area (Å²) in [6.45, 7) is 5.82. The van der Waals surface area contributed by atoms with Crippen LogP contribution in [-0.2, 0) is 0 Å². The van der Waals surface area contributed by atoms with Gasteiger partial charge in [-0.3, -0.25) is 0 Å². The van der Waals surface area contributed by atoms with E-state index in [0.717, 1.165) is 25.4 Å². The maximum atomic E-state index is 9.57. The molecular formula is C11H24N2O. The average Bonchev–Trinajstić information content (AvgIpc) is 1.97. The fourth-order valence-electron chi connectivity index (χ4n) is 1.93. The molecule has 0 spiro atoms. The van der Waals surface area contributed by atoms with Gasteiger partial charge in [0.15, 0.2) is 0 Å². The molecule has 0 amide bonds. The van der Waals surface area contributed by atoms with Gasteiger partial charge in [-0.25, -0.2) is 0 Å². The van der Waals surface area contributed by atoms with Crippen LogP contribution in [0.15, 0.2) is 0 Å². The van der Waals surface area contributed by atoms with Crippen molar-refractivity contribution in [1.82, 2.24) is 4.90 Å². The van der Waals surface area contributed by atoms with Crippen LogP contribution in [0.25, 0.3) is 0 Å². The summed E-state index contributed by atoms with van der Waals surface area (Å²) in [7, 11) is 2.12. The van der Waals surface area contributed by atoms with Crippen molar-refractivity contribution in [3.63, 3.8) is 0 Å². The lowest BCUT2D eigenvalue weighted by atomic mass is 9.80. The van der Waals surface area contributed by atoms with Crippen LogP contribution in [0.4, 0.5) is 0 Å². The second-order valence-electron chi connectivity index (χ2n) is 5.42. The second kappa shape index (κ2) is 4.60. The topological polar surface area (TPSA) is 49.5 Å². The smallest absolute Gasteiger partial charge is 0.0603 e. The van der Waals surface area contributed by atoms with Gasteiger partial charge >= 0.3 is 0 Å². The van der Waals surface area contributed by atoms with Crippen molar-refractivity contribution in [2.75, 3.05) is 20.1 Å². The molecule has 0 aromatic carbocycles. The number of hydrogen-bond acceptors (Lipinski definition) is 3. The summed E-state index contributed by atoms with van der Waals surface area (Å²) in [5, 5.41) is 9.57. The highest BCUT2D eigenvalue weighted by atomic mass is 16.3. The van der Waals surface area contributed by atoms with Crippen LogP contribution in [0.2, 0.25) is 0 Å². The fraction of sp³-hybridized carbons (Fsp3) is 1.00. The van der Waals surface area contributed by atoms with Gasteiger partial charge in [0.1, 0.15) is 0 Å². The monoisotopic (exact) mass is 200 g/mol. The van der Waals surface area contributed by atoms with Gasteiger partial charge in [-0.1, -0.05) is 0 Å². The molecule has 1 saturated carbocycles. The Labute approximate surface area is 87.3 Å². The number of nitrogens with zero attached hydrogens (tertiary/aromatic N) is 1. The molecule has 84 valence electrons. The third kappa shape index (κ3) is 4.40. The summed E-state index contributed by atoms with van der Waals surface area (Å²) in [6.07, 6.45) is 3.18. The third-order valence-corrected chi connectivity index (χ3v) is 2.95. The Bertz CT molecular complexity index is 171. The summed E-state index contributed by atoms with van der Waals surface area (Å²) in [5.74, 6) is 0.789. The Hall–Kier alpha value is -0.120. The van der Waals surface area contributed by atoms with E-state index in [1.54, 1.807) is 0 Å². The zero-order valence-electron chi connectivity index (χ0n) is 9.66. The first-order valence-corrected chi connectivity index (χ1v) is 5.53. The van der Waals surface area contributed by atoms with Crippen LogP contribution in [0.1, 0.15) is 33.1 Å². The first-order valence-electron chi connectivity index (χ1n) is 5.53. The quantitative estimate of drug-likeness (QED) is 0.690. The minimum atomic E-state index is -0.537. The van der Waals surface area contributed by atoms with E-state index in [1.807, 2.05) is 13.8 Å². The van der Waals surface area contributed by atoms with Crippen LogP contribution in [-0.4, -0.2) is 41.8 Å². The zero-order chi connectivity index (χ0) is 10.8. The van der Waals surface area contributed by atoms with Crippen molar-refractivity contribution in [2.24, 2.45) is 11.7 Å². The van der Waals surface area contributed by atoms with E-state index < -0.39 is 5.60 Å². The maximum Gasteiger partial charge on any atom is 0.0603 e. The molecule has 1 aliphatic rings. The molecule has 0 radical (unpaired) electrons. The number of aliphatic hydroxyl groups is 1. The van der Waals surface area contributed by atoms with E-state index in [9.17, 15) is 5.11 Å².